The van der Waals surface area contributed by atoms with Crippen molar-refractivity contribution in [2.45, 2.75) is 25.5 Å². The lowest BCUT2D eigenvalue weighted by atomic mass is 10.0. The van der Waals surface area contributed by atoms with Crippen molar-refractivity contribution in [1.82, 2.24) is 19.6 Å². The highest BCUT2D eigenvalue weighted by Crippen LogP contribution is 2.14. The molecule has 2 unspecified atom stereocenters. The zero-order chi connectivity index (χ0) is 13.3. The van der Waals surface area contributed by atoms with Gasteiger partial charge in [-0.05, 0) is 27.1 Å². The Kier molecular flexibility index (Phi) is 4.04. The lowest BCUT2D eigenvalue weighted by molar-refractivity contribution is 0.0145. The van der Waals surface area contributed by atoms with Crippen LogP contribution in [0.1, 0.15) is 11.4 Å². The Balaban J connectivity index is 2.02. The molecule has 1 aliphatic rings. The molecule has 0 saturated carbocycles. The fourth-order valence-corrected chi connectivity index (χ4v) is 2.67. The van der Waals surface area contributed by atoms with Crippen molar-refractivity contribution in [2.24, 2.45) is 7.05 Å². The summed E-state index contributed by atoms with van der Waals surface area (Å²) in [5.74, 6) is 0. The van der Waals surface area contributed by atoms with Gasteiger partial charge in [0.1, 0.15) is 0 Å². The first kappa shape index (κ1) is 13.5. The summed E-state index contributed by atoms with van der Waals surface area (Å²) in [5, 5.41) is 14.8. The zero-order valence-electron chi connectivity index (χ0n) is 11.8. The van der Waals surface area contributed by atoms with Crippen molar-refractivity contribution >= 4 is 0 Å². The van der Waals surface area contributed by atoms with Crippen molar-refractivity contribution in [2.75, 3.05) is 33.7 Å². The largest absolute Gasteiger partial charge is 0.391 e. The maximum Gasteiger partial charge on any atom is 0.0762 e. The average molecular weight is 252 g/mol. The van der Waals surface area contributed by atoms with Gasteiger partial charge in [0.2, 0.25) is 0 Å². The molecule has 0 spiro atoms. The molecule has 1 aromatic heterocycles. The summed E-state index contributed by atoms with van der Waals surface area (Å²) >= 11 is 0. The Hall–Kier alpha value is -0.910. The first-order chi connectivity index (χ1) is 8.47. The minimum atomic E-state index is -0.340. The zero-order valence-corrected chi connectivity index (χ0v) is 11.8. The van der Waals surface area contributed by atoms with Gasteiger partial charge in [-0.1, -0.05) is 0 Å². The topological polar surface area (TPSA) is 44.5 Å². The third-order valence-corrected chi connectivity index (χ3v) is 3.86. The van der Waals surface area contributed by atoms with E-state index < -0.39 is 0 Å². The minimum absolute atomic E-state index is 0.207. The summed E-state index contributed by atoms with van der Waals surface area (Å²) < 4.78 is 1.87. The van der Waals surface area contributed by atoms with Crippen molar-refractivity contribution in [3.63, 3.8) is 0 Å². The maximum absolute atomic E-state index is 10.4. The van der Waals surface area contributed by atoms with Crippen LogP contribution in [0.2, 0.25) is 0 Å². The minimum Gasteiger partial charge on any atom is -0.391 e. The number of nitrogens with zero attached hydrogens (tertiary/aromatic N) is 4. The van der Waals surface area contributed by atoms with E-state index in [2.05, 4.69) is 35.1 Å². The van der Waals surface area contributed by atoms with Crippen LogP contribution in [0.3, 0.4) is 0 Å². The number of hydrogen-bond acceptors (Lipinski definition) is 4. The molecule has 0 aromatic carbocycles. The molecule has 0 bridgehead atoms. The lowest BCUT2D eigenvalue weighted by Crippen LogP contribution is -2.55. The molecular formula is C13H24N4O. The van der Waals surface area contributed by atoms with Crippen molar-refractivity contribution in [3.05, 3.63) is 17.5 Å². The Morgan fingerprint density at radius 3 is 2.72 bits per heavy atom. The fourth-order valence-electron chi connectivity index (χ4n) is 2.67. The van der Waals surface area contributed by atoms with Crippen LogP contribution in [0.5, 0.6) is 0 Å². The second-order valence-electron chi connectivity index (χ2n) is 5.48. The Morgan fingerprint density at radius 2 is 2.11 bits per heavy atom. The SMILES string of the molecule is Cc1cc(CC(O)C2CN(C)CCN2C)n(C)n1. The molecule has 2 atom stereocenters. The van der Waals surface area contributed by atoms with Gasteiger partial charge in [-0.3, -0.25) is 9.58 Å². The normalized spacial score (nSPS) is 24.4. The van der Waals surface area contributed by atoms with Gasteiger partial charge in [0.15, 0.2) is 0 Å². The van der Waals surface area contributed by atoms with Crippen LogP contribution in [0.15, 0.2) is 6.07 Å². The number of aliphatic hydroxyl groups is 1. The van der Waals surface area contributed by atoms with E-state index in [1.807, 2.05) is 18.7 Å². The number of likely N-dealkylation sites (N-methyl/N-ethyl adjacent to an activating group) is 2. The molecule has 0 aliphatic carbocycles. The summed E-state index contributed by atoms with van der Waals surface area (Å²) in [7, 11) is 6.14. The van der Waals surface area contributed by atoms with Gasteiger partial charge in [-0.2, -0.15) is 5.10 Å². The van der Waals surface area contributed by atoms with Gasteiger partial charge >= 0.3 is 0 Å². The molecule has 5 nitrogen and oxygen atoms in total. The first-order valence-corrected chi connectivity index (χ1v) is 6.53. The van der Waals surface area contributed by atoms with Gasteiger partial charge in [0, 0.05) is 44.8 Å². The van der Waals surface area contributed by atoms with Gasteiger partial charge in [0.05, 0.1) is 11.8 Å². The van der Waals surface area contributed by atoms with Gasteiger partial charge in [-0.15, -0.1) is 0 Å². The summed E-state index contributed by atoms with van der Waals surface area (Å²) in [6.07, 6.45) is 0.327. The highest BCUT2D eigenvalue weighted by Gasteiger charge is 2.29. The lowest BCUT2D eigenvalue weighted by Gasteiger charge is -2.40. The molecule has 0 amide bonds. The van der Waals surface area contributed by atoms with Crippen molar-refractivity contribution in [1.29, 1.82) is 0 Å². The monoisotopic (exact) mass is 252 g/mol. The van der Waals surface area contributed by atoms with Crippen molar-refractivity contribution < 1.29 is 5.11 Å². The number of aliphatic hydroxyl groups excluding tert-OH is 1. The molecular weight excluding hydrogens is 228 g/mol. The molecule has 1 saturated heterocycles. The fraction of sp³-hybridized carbons (Fsp3) is 0.769. The third-order valence-electron chi connectivity index (χ3n) is 3.86. The highest BCUT2D eigenvalue weighted by atomic mass is 16.3. The van der Waals surface area contributed by atoms with Crippen molar-refractivity contribution in [3.8, 4) is 0 Å². The molecule has 1 aromatic rings. The van der Waals surface area contributed by atoms with Crippen LogP contribution >= 0.6 is 0 Å². The Bertz CT molecular complexity index is 404. The number of aryl methyl sites for hydroxylation is 2. The van der Waals surface area contributed by atoms with Gasteiger partial charge < -0.3 is 10.0 Å². The van der Waals surface area contributed by atoms with Gasteiger partial charge in [-0.25, -0.2) is 0 Å². The number of aromatic nitrogens is 2. The molecule has 1 aliphatic heterocycles. The van der Waals surface area contributed by atoms with Crippen LogP contribution in [-0.2, 0) is 13.5 Å². The summed E-state index contributed by atoms with van der Waals surface area (Å²) in [6.45, 7) is 5.00. The summed E-state index contributed by atoms with van der Waals surface area (Å²) in [6, 6.07) is 2.26. The van der Waals surface area contributed by atoms with Crippen LogP contribution in [0.25, 0.3) is 0 Å². The van der Waals surface area contributed by atoms with E-state index in [1.165, 1.54) is 0 Å². The number of hydrogen-bond donors (Lipinski definition) is 1. The van der Waals surface area contributed by atoms with E-state index in [9.17, 15) is 5.11 Å². The summed E-state index contributed by atoms with van der Waals surface area (Å²) in [5.41, 5.74) is 2.11. The maximum atomic E-state index is 10.4. The van der Waals surface area contributed by atoms with E-state index in [1.54, 1.807) is 0 Å². The van der Waals surface area contributed by atoms with E-state index in [0.717, 1.165) is 31.0 Å². The predicted molar refractivity (Wildman–Crippen MR) is 71.6 cm³/mol. The predicted octanol–water partition coefficient (Wildman–Crippen LogP) is -0.122. The van der Waals surface area contributed by atoms with Crippen LogP contribution in [0, 0.1) is 6.92 Å². The van der Waals surface area contributed by atoms with Crippen LogP contribution in [0.4, 0.5) is 0 Å². The van der Waals surface area contributed by atoms with E-state index in [0.29, 0.717) is 6.42 Å². The number of rotatable bonds is 3. The second-order valence-corrected chi connectivity index (χ2v) is 5.48. The third kappa shape index (κ3) is 2.91. The average Bonchev–Trinajstić information content (AvgIpc) is 2.61. The van der Waals surface area contributed by atoms with E-state index >= 15 is 0 Å². The molecule has 2 rings (SSSR count). The number of piperazine rings is 1. The smallest absolute Gasteiger partial charge is 0.0762 e. The van der Waals surface area contributed by atoms with Crippen LogP contribution < -0.4 is 0 Å². The Morgan fingerprint density at radius 1 is 1.39 bits per heavy atom. The second kappa shape index (κ2) is 5.38. The molecule has 5 heteroatoms. The molecule has 1 N–H and O–H groups in total. The first-order valence-electron chi connectivity index (χ1n) is 6.53. The quantitative estimate of drug-likeness (QED) is 0.814. The molecule has 0 radical (unpaired) electrons. The standard InChI is InChI=1S/C13H24N4O/c1-10-7-11(17(4)14-10)8-13(18)12-9-15(2)5-6-16(12)3/h7,12-13,18H,5-6,8-9H2,1-4H3. The molecule has 2 heterocycles. The molecule has 102 valence electrons. The van der Waals surface area contributed by atoms with E-state index in [-0.39, 0.29) is 12.1 Å². The highest BCUT2D eigenvalue weighted by molar-refractivity contribution is 5.10. The Labute approximate surface area is 109 Å². The van der Waals surface area contributed by atoms with E-state index in [4.69, 9.17) is 0 Å². The summed E-state index contributed by atoms with van der Waals surface area (Å²) in [4.78, 5) is 4.54. The van der Waals surface area contributed by atoms with Crippen LogP contribution in [-0.4, -0.2) is 70.6 Å². The molecule has 18 heavy (non-hydrogen) atoms. The molecule has 1 fully saturated rings. The van der Waals surface area contributed by atoms with Gasteiger partial charge in [0.25, 0.3) is 0 Å².